The fourth-order valence-electron chi connectivity index (χ4n) is 4.86. The Morgan fingerprint density at radius 3 is 3.00 bits per heavy atom. The Morgan fingerprint density at radius 1 is 1.31 bits per heavy atom. The molecule has 2 aromatic rings. The van der Waals surface area contributed by atoms with Crippen LogP contribution >= 0.6 is 22.9 Å². The fourth-order valence-corrected chi connectivity index (χ4v) is 5.68. The van der Waals surface area contributed by atoms with Crippen molar-refractivity contribution in [2.75, 3.05) is 19.7 Å². The second kappa shape index (κ2) is 6.79. The summed E-state index contributed by atoms with van der Waals surface area (Å²) in [5.41, 5.74) is 2.95. The van der Waals surface area contributed by atoms with Crippen molar-refractivity contribution in [3.63, 3.8) is 0 Å². The summed E-state index contributed by atoms with van der Waals surface area (Å²) in [5, 5.41) is 0.760. The summed E-state index contributed by atoms with van der Waals surface area (Å²) in [4.78, 5) is 8.06. The lowest BCUT2D eigenvalue weighted by atomic mass is 9.70. The molecule has 1 spiro atoms. The molecule has 1 aromatic carbocycles. The maximum Gasteiger partial charge on any atom is 0.126 e. The summed E-state index contributed by atoms with van der Waals surface area (Å²) in [5.74, 6) is 1.39. The predicted octanol–water partition coefficient (Wildman–Crippen LogP) is 4.69. The van der Waals surface area contributed by atoms with E-state index in [0.29, 0.717) is 5.92 Å². The van der Waals surface area contributed by atoms with Crippen LogP contribution in [0.25, 0.3) is 0 Å². The summed E-state index contributed by atoms with van der Waals surface area (Å²) in [6.45, 7) is 3.95. The van der Waals surface area contributed by atoms with Gasteiger partial charge in [-0.25, -0.2) is 0 Å². The number of piperidine rings is 1. The molecule has 4 heterocycles. The smallest absolute Gasteiger partial charge is 0.126 e. The van der Waals surface area contributed by atoms with E-state index in [2.05, 4.69) is 9.88 Å². The molecule has 1 aromatic heterocycles. The molecule has 2 saturated heterocycles. The normalized spacial score (nSPS) is 27.6. The third-order valence-corrected chi connectivity index (χ3v) is 7.15. The van der Waals surface area contributed by atoms with E-state index < -0.39 is 0 Å². The van der Waals surface area contributed by atoms with E-state index in [1.165, 1.54) is 11.3 Å². The molecule has 3 aliphatic heterocycles. The second-order valence-corrected chi connectivity index (χ2v) is 9.04. The van der Waals surface area contributed by atoms with Crippen molar-refractivity contribution in [3.05, 3.63) is 45.4 Å². The van der Waals surface area contributed by atoms with Gasteiger partial charge in [-0.15, -0.1) is 11.3 Å². The third kappa shape index (κ3) is 2.95. The number of ether oxygens (including phenoxy) is 2. The third-order valence-electron chi connectivity index (χ3n) is 6.15. The van der Waals surface area contributed by atoms with Crippen molar-refractivity contribution >= 4 is 22.9 Å². The van der Waals surface area contributed by atoms with Gasteiger partial charge in [0.15, 0.2) is 0 Å². The lowest BCUT2D eigenvalue weighted by molar-refractivity contribution is -0.150. The largest absolute Gasteiger partial charge is 0.486 e. The standard InChI is InChI=1S/C20H23ClN2O2S/c21-14-3-4-18-16(10-14)19-17(2-1-9-24-19)20(25-18)5-7-23(8-6-20)12-15-11-22-13-26-15/h3-4,10-11,13,17,19H,1-2,5-9,12H2/t17-,19+/m0/s1. The zero-order valence-corrected chi connectivity index (χ0v) is 16.3. The van der Waals surface area contributed by atoms with Crippen LogP contribution in [0, 0.1) is 5.92 Å². The molecule has 6 heteroatoms. The first-order valence-electron chi connectivity index (χ1n) is 9.43. The Balaban J connectivity index is 1.39. The number of thiazole rings is 1. The lowest BCUT2D eigenvalue weighted by Gasteiger charge is -2.53. The average molecular weight is 391 g/mol. The molecule has 0 aliphatic carbocycles. The zero-order valence-electron chi connectivity index (χ0n) is 14.7. The Kier molecular flexibility index (Phi) is 4.44. The maximum atomic E-state index is 6.69. The Bertz CT molecular complexity index is 774. The van der Waals surface area contributed by atoms with Crippen molar-refractivity contribution in [3.8, 4) is 5.75 Å². The van der Waals surface area contributed by atoms with Gasteiger partial charge in [-0.1, -0.05) is 11.6 Å². The van der Waals surface area contributed by atoms with E-state index in [-0.39, 0.29) is 11.7 Å². The molecule has 0 bridgehead atoms. The van der Waals surface area contributed by atoms with E-state index in [9.17, 15) is 0 Å². The minimum atomic E-state index is -0.101. The maximum absolute atomic E-state index is 6.69. The Morgan fingerprint density at radius 2 is 2.19 bits per heavy atom. The number of aromatic nitrogens is 1. The average Bonchev–Trinajstić information content (AvgIpc) is 3.18. The number of halogens is 1. The van der Waals surface area contributed by atoms with Crippen molar-refractivity contribution < 1.29 is 9.47 Å². The van der Waals surface area contributed by atoms with Crippen LogP contribution in [0.4, 0.5) is 0 Å². The van der Waals surface area contributed by atoms with E-state index >= 15 is 0 Å². The molecule has 0 N–H and O–H groups in total. The SMILES string of the molecule is Clc1ccc2c(c1)[C@H]1OCCC[C@@H]1C1(CCN(Cc3cncs3)CC1)O2. The monoisotopic (exact) mass is 390 g/mol. The molecule has 0 amide bonds. The highest BCUT2D eigenvalue weighted by molar-refractivity contribution is 7.09. The lowest BCUT2D eigenvalue weighted by Crippen LogP contribution is -2.56. The summed E-state index contributed by atoms with van der Waals surface area (Å²) < 4.78 is 12.9. The van der Waals surface area contributed by atoms with Crippen molar-refractivity contribution in [1.29, 1.82) is 0 Å². The second-order valence-electron chi connectivity index (χ2n) is 7.63. The van der Waals surface area contributed by atoms with Gasteiger partial charge < -0.3 is 9.47 Å². The number of rotatable bonds is 2. The number of nitrogens with zero attached hydrogens (tertiary/aromatic N) is 2. The molecule has 0 radical (unpaired) electrons. The van der Waals surface area contributed by atoms with E-state index in [1.54, 1.807) is 11.3 Å². The predicted molar refractivity (Wildman–Crippen MR) is 103 cm³/mol. The van der Waals surface area contributed by atoms with Gasteiger partial charge in [-0.3, -0.25) is 9.88 Å². The van der Waals surface area contributed by atoms with E-state index in [1.807, 2.05) is 29.9 Å². The van der Waals surface area contributed by atoms with Crippen molar-refractivity contribution in [2.45, 2.75) is 43.9 Å². The molecular weight excluding hydrogens is 368 g/mol. The van der Waals surface area contributed by atoms with E-state index in [0.717, 1.165) is 61.8 Å². The van der Waals surface area contributed by atoms with Crippen LogP contribution in [0.1, 0.15) is 42.2 Å². The summed E-state index contributed by atoms with van der Waals surface area (Å²) >= 11 is 7.99. The molecule has 138 valence electrons. The molecule has 26 heavy (non-hydrogen) atoms. The Labute approximate surface area is 163 Å². The van der Waals surface area contributed by atoms with Gasteiger partial charge in [0.1, 0.15) is 11.4 Å². The number of benzene rings is 1. The van der Waals surface area contributed by atoms with Crippen LogP contribution in [-0.4, -0.2) is 35.2 Å². The van der Waals surface area contributed by atoms with Crippen LogP contribution < -0.4 is 4.74 Å². The van der Waals surface area contributed by atoms with Gasteiger partial charge in [0, 0.05) is 66.7 Å². The highest BCUT2D eigenvalue weighted by Crippen LogP contribution is 2.53. The minimum absolute atomic E-state index is 0.101. The van der Waals surface area contributed by atoms with Crippen LogP contribution in [-0.2, 0) is 11.3 Å². The number of likely N-dealkylation sites (tertiary alicyclic amines) is 1. The first-order valence-corrected chi connectivity index (χ1v) is 10.7. The molecule has 0 unspecified atom stereocenters. The van der Waals surface area contributed by atoms with Gasteiger partial charge in [0.2, 0.25) is 0 Å². The van der Waals surface area contributed by atoms with Crippen LogP contribution in [0.2, 0.25) is 5.02 Å². The van der Waals surface area contributed by atoms with Gasteiger partial charge in [-0.2, -0.15) is 0 Å². The highest BCUT2D eigenvalue weighted by Gasteiger charge is 2.52. The van der Waals surface area contributed by atoms with Gasteiger partial charge >= 0.3 is 0 Å². The first kappa shape index (κ1) is 17.0. The molecule has 2 atom stereocenters. The molecular formula is C20H23ClN2O2S. The van der Waals surface area contributed by atoms with E-state index in [4.69, 9.17) is 21.1 Å². The summed E-state index contributed by atoms with van der Waals surface area (Å²) in [6, 6.07) is 5.99. The topological polar surface area (TPSA) is 34.6 Å². The first-order chi connectivity index (χ1) is 12.7. The summed E-state index contributed by atoms with van der Waals surface area (Å²) in [6.07, 6.45) is 6.51. The zero-order chi connectivity index (χ0) is 17.6. The van der Waals surface area contributed by atoms with Crippen molar-refractivity contribution in [1.82, 2.24) is 9.88 Å². The molecule has 2 fully saturated rings. The highest BCUT2D eigenvalue weighted by atomic mass is 35.5. The van der Waals surface area contributed by atoms with Gasteiger partial charge in [0.05, 0.1) is 11.6 Å². The van der Waals surface area contributed by atoms with Gasteiger partial charge in [0.25, 0.3) is 0 Å². The van der Waals surface area contributed by atoms with Crippen molar-refractivity contribution in [2.24, 2.45) is 5.92 Å². The molecule has 3 aliphatic rings. The number of hydrogen-bond donors (Lipinski definition) is 0. The Hall–Kier alpha value is -1.14. The van der Waals surface area contributed by atoms with Gasteiger partial charge in [-0.05, 0) is 31.0 Å². The van der Waals surface area contributed by atoms with Crippen LogP contribution in [0.3, 0.4) is 0 Å². The number of hydrogen-bond acceptors (Lipinski definition) is 5. The van der Waals surface area contributed by atoms with Crippen LogP contribution in [0.5, 0.6) is 5.75 Å². The molecule has 4 nitrogen and oxygen atoms in total. The summed E-state index contributed by atoms with van der Waals surface area (Å²) in [7, 11) is 0. The fraction of sp³-hybridized carbons (Fsp3) is 0.550. The van der Waals surface area contributed by atoms with Crippen LogP contribution in [0.15, 0.2) is 29.9 Å². The minimum Gasteiger partial charge on any atom is -0.486 e. The number of fused-ring (bicyclic) bond motifs is 4. The molecule has 5 rings (SSSR count). The quantitative estimate of drug-likeness (QED) is 0.744. The molecule has 0 saturated carbocycles.